The number of nitrogens with zero attached hydrogens (tertiary/aromatic N) is 1. The first kappa shape index (κ1) is 18.3. The lowest BCUT2D eigenvalue weighted by Crippen LogP contribution is -2.37. The number of aliphatic imine (C=N–C) groups is 1. The van der Waals surface area contributed by atoms with Crippen molar-refractivity contribution in [2.24, 2.45) is 4.99 Å². The number of hydrogen-bond donors (Lipinski definition) is 2. The Bertz CT molecular complexity index is 436. The maximum atomic E-state index is 5.62. The van der Waals surface area contributed by atoms with Crippen LogP contribution in [0.5, 0.6) is 5.75 Å². The Hall–Kier alpha value is -1.75. The highest BCUT2D eigenvalue weighted by Crippen LogP contribution is 2.17. The van der Waals surface area contributed by atoms with Crippen molar-refractivity contribution in [3.05, 3.63) is 29.8 Å². The zero-order valence-electron chi connectivity index (χ0n) is 14.0. The molecule has 2 N–H and O–H groups in total. The van der Waals surface area contributed by atoms with Crippen LogP contribution in [0.3, 0.4) is 0 Å². The van der Waals surface area contributed by atoms with Crippen LogP contribution in [-0.4, -0.2) is 39.4 Å². The molecule has 0 aromatic heterocycles. The third-order valence-electron chi connectivity index (χ3n) is 3.15. The van der Waals surface area contributed by atoms with Gasteiger partial charge in [0.2, 0.25) is 0 Å². The van der Waals surface area contributed by atoms with Crippen molar-refractivity contribution in [1.29, 1.82) is 0 Å². The lowest BCUT2D eigenvalue weighted by Gasteiger charge is -2.14. The van der Waals surface area contributed by atoms with Crippen LogP contribution in [-0.2, 0) is 11.3 Å². The van der Waals surface area contributed by atoms with E-state index in [-0.39, 0.29) is 0 Å². The molecule has 22 heavy (non-hydrogen) atoms. The summed E-state index contributed by atoms with van der Waals surface area (Å²) in [4.78, 5) is 4.24. The van der Waals surface area contributed by atoms with Crippen LogP contribution in [0.25, 0.3) is 0 Å². The first-order chi connectivity index (χ1) is 10.8. The van der Waals surface area contributed by atoms with Crippen molar-refractivity contribution < 1.29 is 9.47 Å². The van der Waals surface area contributed by atoms with Crippen LogP contribution in [0.1, 0.15) is 32.3 Å². The topological polar surface area (TPSA) is 54.9 Å². The Morgan fingerprint density at radius 2 is 1.91 bits per heavy atom. The van der Waals surface area contributed by atoms with Gasteiger partial charge in [0.25, 0.3) is 0 Å². The van der Waals surface area contributed by atoms with E-state index >= 15 is 0 Å². The molecule has 1 aromatic carbocycles. The van der Waals surface area contributed by atoms with Gasteiger partial charge in [-0.2, -0.15) is 0 Å². The van der Waals surface area contributed by atoms with Gasteiger partial charge in [0.05, 0.1) is 6.61 Å². The predicted octanol–water partition coefficient (Wildman–Crippen LogP) is 2.57. The fourth-order valence-electron chi connectivity index (χ4n) is 2.03. The van der Waals surface area contributed by atoms with Gasteiger partial charge in [-0.15, -0.1) is 0 Å². The van der Waals surface area contributed by atoms with Gasteiger partial charge in [-0.05, 0) is 32.8 Å². The van der Waals surface area contributed by atoms with E-state index in [0.717, 1.165) is 49.9 Å². The summed E-state index contributed by atoms with van der Waals surface area (Å²) in [6.07, 6.45) is 2.13. The Balaban J connectivity index is 2.32. The van der Waals surface area contributed by atoms with Crippen LogP contribution >= 0.6 is 0 Å². The molecule has 0 aliphatic rings. The fourth-order valence-corrected chi connectivity index (χ4v) is 2.03. The predicted molar refractivity (Wildman–Crippen MR) is 91.5 cm³/mol. The molecule has 0 saturated heterocycles. The zero-order chi connectivity index (χ0) is 16.0. The quantitative estimate of drug-likeness (QED) is 0.396. The average Bonchev–Trinajstić information content (AvgIpc) is 2.55. The van der Waals surface area contributed by atoms with Gasteiger partial charge in [-0.1, -0.05) is 18.2 Å². The molecule has 0 amide bonds. The van der Waals surface area contributed by atoms with Gasteiger partial charge in [0.15, 0.2) is 5.96 Å². The lowest BCUT2D eigenvalue weighted by atomic mass is 10.2. The summed E-state index contributed by atoms with van der Waals surface area (Å²) in [5.74, 6) is 1.73. The van der Waals surface area contributed by atoms with Gasteiger partial charge < -0.3 is 20.1 Å². The van der Waals surface area contributed by atoms with E-state index in [1.54, 1.807) is 7.05 Å². The highest BCUT2D eigenvalue weighted by molar-refractivity contribution is 5.79. The second-order valence-electron chi connectivity index (χ2n) is 4.80. The van der Waals surface area contributed by atoms with Gasteiger partial charge in [-0.3, -0.25) is 4.99 Å². The second-order valence-corrected chi connectivity index (χ2v) is 4.80. The van der Waals surface area contributed by atoms with Crippen molar-refractivity contribution in [1.82, 2.24) is 10.6 Å². The maximum absolute atomic E-state index is 5.62. The van der Waals surface area contributed by atoms with Crippen molar-refractivity contribution in [3.8, 4) is 5.75 Å². The number of rotatable bonds is 10. The summed E-state index contributed by atoms with van der Waals surface area (Å²) in [6, 6.07) is 8.06. The molecule has 0 aliphatic carbocycles. The summed E-state index contributed by atoms with van der Waals surface area (Å²) in [5, 5.41) is 6.62. The van der Waals surface area contributed by atoms with E-state index in [0.29, 0.717) is 13.2 Å². The minimum atomic E-state index is 0.670. The number of hydrogen-bond acceptors (Lipinski definition) is 3. The van der Waals surface area contributed by atoms with E-state index < -0.39 is 0 Å². The normalized spacial score (nSPS) is 11.3. The molecule has 0 atom stereocenters. The highest BCUT2D eigenvalue weighted by Gasteiger charge is 2.03. The molecular weight excluding hydrogens is 278 g/mol. The Labute approximate surface area is 134 Å². The van der Waals surface area contributed by atoms with Crippen LogP contribution in [0.2, 0.25) is 0 Å². The van der Waals surface area contributed by atoms with E-state index in [1.165, 1.54) is 0 Å². The van der Waals surface area contributed by atoms with Crippen molar-refractivity contribution in [2.45, 2.75) is 33.2 Å². The van der Waals surface area contributed by atoms with Crippen LogP contribution in [0, 0.1) is 0 Å². The number of para-hydroxylation sites is 1. The number of guanidine groups is 1. The highest BCUT2D eigenvalue weighted by atomic mass is 16.5. The number of ether oxygens (including phenoxy) is 2. The largest absolute Gasteiger partial charge is 0.494 e. The van der Waals surface area contributed by atoms with Gasteiger partial charge in [0.1, 0.15) is 5.75 Å². The molecule has 0 heterocycles. The maximum Gasteiger partial charge on any atom is 0.191 e. The molecular formula is C17H29N3O2. The standard InChI is InChI=1S/C17H29N3O2/c1-4-21-13-9-8-12-19-17(18-3)20-14-15-10-6-7-11-16(15)22-5-2/h6-7,10-11H,4-5,8-9,12-14H2,1-3H3,(H2,18,19,20). The number of unbranched alkanes of at least 4 members (excludes halogenated alkanes) is 1. The molecule has 0 spiro atoms. The SMILES string of the molecule is CCOCCCCNC(=NC)NCc1ccccc1OCC. The minimum Gasteiger partial charge on any atom is -0.494 e. The summed E-state index contributed by atoms with van der Waals surface area (Å²) < 4.78 is 10.9. The zero-order valence-corrected chi connectivity index (χ0v) is 14.0. The molecule has 5 heteroatoms. The summed E-state index contributed by atoms with van der Waals surface area (Å²) >= 11 is 0. The van der Waals surface area contributed by atoms with E-state index in [9.17, 15) is 0 Å². The van der Waals surface area contributed by atoms with E-state index in [1.807, 2.05) is 32.0 Å². The Morgan fingerprint density at radius 1 is 1.09 bits per heavy atom. The van der Waals surface area contributed by atoms with Crippen LogP contribution < -0.4 is 15.4 Å². The molecule has 0 fully saturated rings. The van der Waals surface area contributed by atoms with Crippen molar-refractivity contribution in [3.63, 3.8) is 0 Å². The molecule has 0 bridgehead atoms. The fraction of sp³-hybridized carbons (Fsp3) is 0.588. The Kier molecular flexibility index (Phi) is 9.87. The summed E-state index contributed by atoms with van der Waals surface area (Å²) in [7, 11) is 1.78. The Morgan fingerprint density at radius 3 is 2.64 bits per heavy atom. The van der Waals surface area contributed by atoms with E-state index in [2.05, 4.69) is 21.7 Å². The van der Waals surface area contributed by atoms with Gasteiger partial charge >= 0.3 is 0 Å². The monoisotopic (exact) mass is 307 g/mol. The van der Waals surface area contributed by atoms with Crippen LogP contribution in [0.15, 0.2) is 29.3 Å². The second kappa shape index (κ2) is 11.9. The van der Waals surface area contributed by atoms with Gasteiger partial charge in [0, 0.05) is 38.9 Å². The lowest BCUT2D eigenvalue weighted by molar-refractivity contribution is 0.143. The number of nitrogens with one attached hydrogen (secondary N) is 2. The first-order valence-corrected chi connectivity index (χ1v) is 8.04. The van der Waals surface area contributed by atoms with E-state index in [4.69, 9.17) is 9.47 Å². The average molecular weight is 307 g/mol. The van der Waals surface area contributed by atoms with Gasteiger partial charge in [-0.25, -0.2) is 0 Å². The molecule has 5 nitrogen and oxygen atoms in total. The molecule has 1 rings (SSSR count). The minimum absolute atomic E-state index is 0.670. The third-order valence-corrected chi connectivity index (χ3v) is 3.15. The first-order valence-electron chi connectivity index (χ1n) is 8.04. The summed E-state index contributed by atoms with van der Waals surface area (Å²) in [5.41, 5.74) is 1.13. The molecule has 0 radical (unpaired) electrons. The van der Waals surface area contributed by atoms with Crippen molar-refractivity contribution in [2.75, 3.05) is 33.4 Å². The van der Waals surface area contributed by atoms with Crippen molar-refractivity contribution >= 4 is 5.96 Å². The molecule has 0 saturated carbocycles. The number of benzene rings is 1. The molecule has 0 aliphatic heterocycles. The molecule has 124 valence electrons. The smallest absolute Gasteiger partial charge is 0.191 e. The third kappa shape index (κ3) is 7.31. The molecule has 1 aromatic rings. The summed E-state index contributed by atoms with van der Waals surface area (Å²) in [6.45, 7) is 7.87. The van der Waals surface area contributed by atoms with Crippen LogP contribution in [0.4, 0.5) is 0 Å². The molecule has 0 unspecified atom stereocenters.